The SMILES string of the molecule is O=C(Nc1cccc(F)c1)N1CCN(c2nccs2)CC1. The Balaban J connectivity index is 1.55. The molecule has 1 aliphatic rings. The zero-order valence-corrected chi connectivity index (χ0v) is 12.1. The van der Waals surface area contributed by atoms with Crippen LogP contribution in [0.3, 0.4) is 0 Å². The lowest BCUT2D eigenvalue weighted by Gasteiger charge is -2.34. The first-order chi connectivity index (χ1) is 10.2. The highest BCUT2D eigenvalue weighted by Gasteiger charge is 2.22. The molecule has 0 radical (unpaired) electrons. The van der Waals surface area contributed by atoms with Gasteiger partial charge in [-0.2, -0.15) is 0 Å². The summed E-state index contributed by atoms with van der Waals surface area (Å²) < 4.78 is 13.1. The number of nitrogens with zero attached hydrogens (tertiary/aromatic N) is 3. The number of nitrogens with one attached hydrogen (secondary N) is 1. The number of anilines is 2. The molecule has 2 aromatic rings. The van der Waals surface area contributed by atoms with Crippen molar-refractivity contribution in [1.29, 1.82) is 0 Å². The van der Waals surface area contributed by atoms with Crippen molar-refractivity contribution in [1.82, 2.24) is 9.88 Å². The van der Waals surface area contributed by atoms with Gasteiger partial charge in [0.05, 0.1) is 0 Å². The minimum absolute atomic E-state index is 0.195. The third-order valence-corrected chi connectivity index (χ3v) is 4.16. The monoisotopic (exact) mass is 306 g/mol. The molecule has 0 saturated carbocycles. The van der Waals surface area contributed by atoms with Crippen molar-refractivity contribution in [2.24, 2.45) is 0 Å². The molecule has 2 heterocycles. The summed E-state index contributed by atoms with van der Waals surface area (Å²) in [5.74, 6) is -0.360. The summed E-state index contributed by atoms with van der Waals surface area (Å²) >= 11 is 1.60. The van der Waals surface area contributed by atoms with Crippen LogP contribution in [0.15, 0.2) is 35.8 Å². The fourth-order valence-corrected chi connectivity index (χ4v) is 2.94. The third-order valence-electron chi connectivity index (χ3n) is 3.33. The molecular formula is C14H15FN4OS. The fourth-order valence-electron chi connectivity index (χ4n) is 2.24. The number of carbonyl (C=O) groups excluding carboxylic acids is 1. The molecule has 0 atom stereocenters. The number of hydrogen-bond acceptors (Lipinski definition) is 4. The molecule has 110 valence electrons. The van der Waals surface area contributed by atoms with Crippen molar-refractivity contribution in [3.63, 3.8) is 0 Å². The van der Waals surface area contributed by atoms with Crippen LogP contribution in [0.25, 0.3) is 0 Å². The Morgan fingerprint density at radius 3 is 2.76 bits per heavy atom. The first-order valence-electron chi connectivity index (χ1n) is 6.68. The second-order valence-electron chi connectivity index (χ2n) is 4.73. The molecule has 1 aromatic carbocycles. The number of halogens is 1. The molecule has 1 saturated heterocycles. The van der Waals surface area contributed by atoms with Gasteiger partial charge in [-0.05, 0) is 18.2 Å². The maximum atomic E-state index is 13.1. The smallest absolute Gasteiger partial charge is 0.321 e. The molecule has 1 aromatic heterocycles. The van der Waals surface area contributed by atoms with Crippen molar-refractivity contribution in [3.05, 3.63) is 41.7 Å². The van der Waals surface area contributed by atoms with E-state index in [2.05, 4.69) is 15.2 Å². The van der Waals surface area contributed by atoms with Crippen LogP contribution in [0.4, 0.5) is 20.0 Å². The van der Waals surface area contributed by atoms with E-state index < -0.39 is 0 Å². The van der Waals surface area contributed by atoms with Crippen molar-refractivity contribution in [3.8, 4) is 0 Å². The molecule has 2 amide bonds. The van der Waals surface area contributed by atoms with Crippen molar-refractivity contribution >= 4 is 28.2 Å². The Bertz CT molecular complexity index is 611. The number of hydrogen-bond donors (Lipinski definition) is 1. The Kier molecular flexibility index (Phi) is 4.01. The molecule has 1 fully saturated rings. The van der Waals surface area contributed by atoms with E-state index >= 15 is 0 Å². The normalized spacial score (nSPS) is 15.1. The molecular weight excluding hydrogens is 291 g/mol. The Labute approximate surface area is 126 Å². The quantitative estimate of drug-likeness (QED) is 0.928. The second-order valence-corrected chi connectivity index (χ2v) is 5.60. The minimum Gasteiger partial charge on any atom is -0.345 e. The number of urea groups is 1. The summed E-state index contributed by atoms with van der Waals surface area (Å²) in [5.41, 5.74) is 0.474. The first-order valence-corrected chi connectivity index (χ1v) is 7.56. The summed E-state index contributed by atoms with van der Waals surface area (Å²) in [7, 11) is 0. The molecule has 0 bridgehead atoms. The standard InChI is InChI=1S/C14H15FN4OS/c15-11-2-1-3-12(10-11)17-13(20)18-5-7-19(8-6-18)14-16-4-9-21-14/h1-4,9-10H,5-8H2,(H,17,20). The van der Waals surface area contributed by atoms with Crippen LogP contribution in [0.5, 0.6) is 0 Å². The molecule has 21 heavy (non-hydrogen) atoms. The van der Waals surface area contributed by atoms with E-state index in [4.69, 9.17) is 0 Å². The maximum absolute atomic E-state index is 13.1. The van der Waals surface area contributed by atoms with Crippen LogP contribution in [0.2, 0.25) is 0 Å². The lowest BCUT2D eigenvalue weighted by atomic mass is 10.3. The van der Waals surface area contributed by atoms with Crippen molar-refractivity contribution in [2.45, 2.75) is 0 Å². The second kappa shape index (κ2) is 6.09. The highest BCUT2D eigenvalue weighted by molar-refractivity contribution is 7.13. The molecule has 0 aliphatic carbocycles. The van der Waals surface area contributed by atoms with Gasteiger partial charge in [0.1, 0.15) is 5.82 Å². The predicted molar refractivity (Wildman–Crippen MR) is 81.3 cm³/mol. The minimum atomic E-state index is -0.360. The van der Waals surface area contributed by atoms with Gasteiger partial charge in [0.2, 0.25) is 0 Å². The van der Waals surface area contributed by atoms with Gasteiger partial charge in [0.25, 0.3) is 0 Å². The van der Waals surface area contributed by atoms with Gasteiger partial charge in [-0.25, -0.2) is 14.2 Å². The van der Waals surface area contributed by atoms with Crippen LogP contribution in [-0.4, -0.2) is 42.1 Å². The zero-order chi connectivity index (χ0) is 14.7. The number of piperazine rings is 1. The maximum Gasteiger partial charge on any atom is 0.321 e. The summed E-state index contributed by atoms with van der Waals surface area (Å²) in [6.45, 7) is 2.76. The van der Waals surface area contributed by atoms with E-state index in [1.807, 2.05) is 5.38 Å². The zero-order valence-electron chi connectivity index (χ0n) is 11.3. The summed E-state index contributed by atoms with van der Waals surface area (Å²) in [6.07, 6.45) is 1.78. The molecule has 0 unspecified atom stereocenters. The first kappa shape index (κ1) is 13.8. The average molecular weight is 306 g/mol. The van der Waals surface area contributed by atoms with E-state index in [0.717, 1.165) is 18.2 Å². The fraction of sp³-hybridized carbons (Fsp3) is 0.286. The molecule has 1 N–H and O–H groups in total. The predicted octanol–water partition coefficient (Wildman–Crippen LogP) is 2.64. The number of rotatable bonds is 2. The molecule has 7 heteroatoms. The summed E-state index contributed by atoms with van der Waals surface area (Å²) in [5, 5.41) is 5.65. The van der Waals surface area contributed by atoms with Crippen molar-refractivity contribution < 1.29 is 9.18 Å². The van der Waals surface area contributed by atoms with Gasteiger partial charge in [0, 0.05) is 43.4 Å². The van der Waals surface area contributed by atoms with Gasteiger partial charge < -0.3 is 15.1 Å². The van der Waals surface area contributed by atoms with Gasteiger partial charge in [0.15, 0.2) is 5.13 Å². The van der Waals surface area contributed by atoms with E-state index in [1.165, 1.54) is 12.1 Å². The molecule has 3 rings (SSSR count). The summed E-state index contributed by atoms with van der Waals surface area (Å²) in [4.78, 5) is 20.3. The highest BCUT2D eigenvalue weighted by Crippen LogP contribution is 2.19. The van der Waals surface area contributed by atoms with E-state index in [1.54, 1.807) is 34.6 Å². The number of aromatic nitrogens is 1. The van der Waals surface area contributed by atoms with Gasteiger partial charge in [-0.3, -0.25) is 0 Å². The highest BCUT2D eigenvalue weighted by atomic mass is 32.1. The number of carbonyl (C=O) groups is 1. The van der Waals surface area contributed by atoms with Crippen LogP contribution in [0, 0.1) is 5.82 Å². The average Bonchev–Trinajstić information content (AvgIpc) is 3.01. The Morgan fingerprint density at radius 2 is 2.10 bits per heavy atom. The van der Waals surface area contributed by atoms with Crippen LogP contribution >= 0.6 is 11.3 Å². The molecule has 0 spiro atoms. The molecule has 5 nitrogen and oxygen atoms in total. The van der Waals surface area contributed by atoms with Gasteiger partial charge in [-0.1, -0.05) is 6.07 Å². The van der Waals surface area contributed by atoms with Gasteiger partial charge in [-0.15, -0.1) is 11.3 Å². The number of thiazole rings is 1. The number of amides is 2. The Hall–Kier alpha value is -2.15. The van der Waals surface area contributed by atoms with E-state index in [-0.39, 0.29) is 11.8 Å². The topological polar surface area (TPSA) is 48.5 Å². The third kappa shape index (κ3) is 3.30. The molecule has 1 aliphatic heterocycles. The Morgan fingerprint density at radius 1 is 1.29 bits per heavy atom. The van der Waals surface area contributed by atoms with E-state index in [0.29, 0.717) is 18.8 Å². The number of benzene rings is 1. The van der Waals surface area contributed by atoms with Gasteiger partial charge >= 0.3 is 6.03 Å². The van der Waals surface area contributed by atoms with E-state index in [9.17, 15) is 9.18 Å². The summed E-state index contributed by atoms with van der Waals surface area (Å²) in [6, 6.07) is 5.71. The van der Waals surface area contributed by atoms with Crippen LogP contribution < -0.4 is 10.2 Å². The van der Waals surface area contributed by atoms with Crippen molar-refractivity contribution in [2.75, 3.05) is 36.4 Å². The van der Waals surface area contributed by atoms with Crippen LogP contribution in [-0.2, 0) is 0 Å². The lowest BCUT2D eigenvalue weighted by Crippen LogP contribution is -2.50. The lowest BCUT2D eigenvalue weighted by molar-refractivity contribution is 0.208. The van der Waals surface area contributed by atoms with Crippen LogP contribution in [0.1, 0.15) is 0 Å². The largest absolute Gasteiger partial charge is 0.345 e.